The number of rotatable bonds is 21. The Bertz CT molecular complexity index is 4050. The summed E-state index contributed by atoms with van der Waals surface area (Å²) in [5.41, 5.74) is 7.28. The number of nitrogens with zero attached hydrogens (tertiary/aromatic N) is 5. The summed E-state index contributed by atoms with van der Waals surface area (Å²) in [6.07, 6.45) is 0. The lowest BCUT2D eigenvalue weighted by Crippen LogP contribution is -2.48. The minimum absolute atomic E-state index is 0.114. The summed E-state index contributed by atoms with van der Waals surface area (Å²) in [6, 6.07) is 39.0. The molecule has 0 bridgehead atoms. The molecule has 0 radical (unpaired) electrons. The van der Waals surface area contributed by atoms with Gasteiger partial charge in [0, 0.05) is 103 Å². The fourth-order valence-electron chi connectivity index (χ4n) is 12.5. The molecule has 0 amide bonds. The number of ether oxygens (including phenoxy) is 6. The molecule has 26 heteroatoms. The summed E-state index contributed by atoms with van der Waals surface area (Å²) >= 11 is 0. The Morgan fingerprint density at radius 1 is 0.465 bits per heavy atom. The van der Waals surface area contributed by atoms with Crippen LogP contribution in [0.1, 0.15) is 114 Å². The van der Waals surface area contributed by atoms with Crippen molar-refractivity contribution in [3.8, 4) is 0 Å². The molecule has 5 aromatic rings. The number of carbonyl (C=O) groups is 6. The molecule has 4 aliphatic rings. The van der Waals surface area contributed by atoms with Gasteiger partial charge in [-0.1, -0.05) is 117 Å². The summed E-state index contributed by atoms with van der Waals surface area (Å²) in [6.45, 7) is 20.0. The van der Waals surface area contributed by atoms with E-state index in [1.807, 2.05) is 26.0 Å². The van der Waals surface area contributed by atoms with Crippen molar-refractivity contribution in [2.24, 2.45) is 5.92 Å². The SMILES string of the molecule is CCOC(=O)C1=C(C)NC(C)=C(C(=O)OC)C1c1cccc([N+](=O)[O-])c1.COC(=O)C1=C(C)NC(C)=C(C(=O)OCC(C)C)C1c1ccccc1[N+](=O)[O-].COC(=O)C1=C(C)NC(C)=C(C(=O)OCCN2CCN(C(c3ccccc3)c3ccccc3)CC2)C1c1cccc([N+](=O)[O-])c1. The lowest BCUT2D eigenvalue weighted by Gasteiger charge is -2.39. The Kier molecular flexibility index (Phi) is 26.4. The summed E-state index contributed by atoms with van der Waals surface area (Å²) in [5.74, 6) is -6.31. The molecule has 0 aromatic heterocycles. The van der Waals surface area contributed by atoms with Crippen molar-refractivity contribution in [1.29, 1.82) is 0 Å². The van der Waals surface area contributed by atoms with Crippen LogP contribution >= 0.6 is 0 Å². The molecule has 4 heterocycles. The Balaban J connectivity index is 0.000000221. The van der Waals surface area contributed by atoms with Crippen LogP contribution in [-0.2, 0) is 57.2 Å². The molecule has 3 N–H and O–H groups in total. The van der Waals surface area contributed by atoms with Crippen molar-refractivity contribution in [3.63, 3.8) is 0 Å². The Morgan fingerprint density at radius 2 is 0.838 bits per heavy atom. The summed E-state index contributed by atoms with van der Waals surface area (Å²) in [4.78, 5) is 114. The molecule has 3 unspecified atom stereocenters. The van der Waals surface area contributed by atoms with Crippen LogP contribution in [0.15, 0.2) is 201 Å². The van der Waals surface area contributed by atoms with Crippen molar-refractivity contribution in [2.75, 3.05) is 73.9 Å². The van der Waals surface area contributed by atoms with E-state index in [-0.39, 0.29) is 87.8 Å². The zero-order valence-corrected chi connectivity index (χ0v) is 57.3. The third-order valence-electron chi connectivity index (χ3n) is 16.9. The molecule has 4 aliphatic heterocycles. The standard InChI is InChI=1S/C35H38N4O6.C20H24N2O6.C18H20N2O6/c1-24-30(34(40)44-3)32(28-15-10-16-29(23-28)39(42)43)31(25(2)36-24)35(41)45-22-21-37-17-19-38(20-18-37)33(26-11-6-4-7-12-26)27-13-8-5-9-14-27;1-11(2)10-28-20(24)17-13(4)21-12(3)16(19(23)27-5)18(17)14-8-6-7-9-15(14)22(25)26;1-5-26-18(22)15-11(3)19-10(2)14(17(21)25-4)16(15)12-7-6-8-13(9-12)20(23)24/h4-16,23,32-33,36H,17-22H2,1-3H3;6-9,11,18,21H,10H2,1-5H3;6-9,16,19H,5H2,1-4H3. The number of benzene rings is 5. The number of nitrogens with one attached hydrogen (secondary N) is 3. The van der Waals surface area contributed by atoms with Crippen molar-refractivity contribution < 1.29 is 72.0 Å². The van der Waals surface area contributed by atoms with E-state index in [0.717, 1.165) is 26.2 Å². The second-order valence-electron chi connectivity index (χ2n) is 23.9. The lowest BCUT2D eigenvalue weighted by molar-refractivity contribution is -0.385. The van der Waals surface area contributed by atoms with Gasteiger partial charge in [0.15, 0.2) is 0 Å². The number of non-ortho nitro benzene ring substituents is 2. The topological polar surface area (TPSA) is 330 Å². The van der Waals surface area contributed by atoms with Gasteiger partial charge < -0.3 is 44.4 Å². The number of piperazine rings is 1. The third-order valence-corrected chi connectivity index (χ3v) is 16.9. The van der Waals surface area contributed by atoms with Crippen LogP contribution in [0.3, 0.4) is 0 Å². The summed E-state index contributed by atoms with van der Waals surface area (Å²) < 4.78 is 31.1. The molecule has 1 fully saturated rings. The molecular weight excluding hydrogens is 1280 g/mol. The lowest BCUT2D eigenvalue weighted by atomic mass is 9.79. The van der Waals surface area contributed by atoms with E-state index in [1.54, 1.807) is 66.7 Å². The molecule has 26 nitrogen and oxygen atoms in total. The van der Waals surface area contributed by atoms with E-state index < -0.39 is 68.3 Å². The minimum Gasteiger partial charge on any atom is -0.466 e. The average molecular weight is 1360 g/mol. The fraction of sp³-hybridized carbons (Fsp3) is 0.342. The van der Waals surface area contributed by atoms with E-state index in [1.165, 1.54) is 87.1 Å². The average Bonchev–Trinajstić information content (AvgIpc) is 0.777. The molecule has 0 spiro atoms. The van der Waals surface area contributed by atoms with Crippen LogP contribution in [0.25, 0.3) is 0 Å². The van der Waals surface area contributed by atoms with Gasteiger partial charge >= 0.3 is 35.8 Å². The molecule has 1 saturated heterocycles. The van der Waals surface area contributed by atoms with Gasteiger partial charge in [-0.2, -0.15) is 0 Å². The van der Waals surface area contributed by atoms with Gasteiger partial charge in [0.2, 0.25) is 0 Å². The van der Waals surface area contributed by atoms with Gasteiger partial charge in [-0.25, -0.2) is 28.8 Å². The highest BCUT2D eigenvalue weighted by Crippen LogP contribution is 2.45. The predicted octanol–water partition coefficient (Wildman–Crippen LogP) is 10.7. The van der Waals surface area contributed by atoms with Crippen molar-refractivity contribution in [1.82, 2.24) is 25.8 Å². The monoisotopic (exact) mass is 1360 g/mol. The smallest absolute Gasteiger partial charge is 0.336 e. The molecule has 0 saturated carbocycles. The van der Waals surface area contributed by atoms with Gasteiger partial charge in [-0.15, -0.1) is 0 Å². The Hall–Kier alpha value is -11.1. The highest BCUT2D eigenvalue weighted by Gasteiger charge is 2.43. The number of carbonyl (C=O) groups excluding carboxylic acids is 6. The summed E-state index contributed by atoms with van der Waals surface area (Å²) in [5, 5.41) is 43.4. The van der Waals surface area contributed by atoms with Gasteiger partial charge in [-0.3, -0.25) is 40.1 Å². The van der Waals surface area contributed by atoms with E-state index in [0.29, 0.717) is 51.9 Å². The molecular formula is C73H82N8O18. The fourth-order valence-corrected chi connectivity index (χ4v) is 12.5. The first-order valence-electron chi connectivity index (χ1n) is 31.9. The number of nitro groups is 3. The van der Waals surface area contributed by atoms with Crippen LogP contribution in [0, 0.1) is 36.3 Å². The van der Waals surface area contributed by atoms with Crippen LogP contribution in [0.5, 0.6) is 0 Å². The molecule has 3 atom stereocenters. The van der Waals surface area contributed by atoms with Crippen LogP contribution in [0.2, 0.25) is 0 Å². The van der Waals surface area contributed by atoms with E-state index in [9.17, 15) is 59.1 Å². The first-order chi connectivity index (χ1) is 47.3. The Morgan fingerprint density at radius 3 is 1.23 bits per heavy atom. The molecule has 522 valence electrons. The number of allylic oxidation sites excluding steroid dienone is 6. The van der Waals surface area contributed by atoms with Gasteiger partial charge in [-0.05, 0) is 76.6 Å². The van der Waals surface area contributed by atoms with E-state index in [4.69, 9.17) is 28.4 Å². The minimum atomic E-state index is -0.977. The maximum absolute atomic E-state index is 13.6. The maximum atomic E-state index is 13.6. The van der Waals surface area contributed by atoms with Crippen LogP contribution < -0.4 is 16.0 Å². The molecule has 5 aromatic carbocycles. The van der Waals surface area contributed by atoms with Crippen molar-refractivity contribution >= 4 is 52.9 Å². The second kappa shape index (κ2) is 34.7. The zero-order chi connectivity index (χ0) is 72.4. The number of esters is 6. The zero-order valence-electron chi connectivity index (χ0n) is 57.3. The molecule has 9 rings (SSSR count). The van der Waals surface area contributed by atoms with Crippen molar-refractivity contribution in [3.05, 3.63) is 259 Å². The molecule has 99 heavy (non-hydrogen) atoms. The number of hydrogen-bond acceptors (Lipinski definition) is 23. The Labute approximate surface area is 573 Å². The highest BCUT2D eigenvalue weighted by molar-refractivity contribution is 6.02. The van der Waals surface area contributed by atoms with Gasteiger partial charge in [0.05, 0.1) is 107 Å². The normalized spacial score (nSPS) is 17.2. The van der Waals surface area contributed by atoms with Gasteiger partial charge in [0.1, 0.15) is 6.61 Å². The van der Waals surface area contributed by atoms with E-state index in [2.05, 4.69) is 74.3 Å². The number of methoxy groups -OCH3 is 3. The first-order valence-corrected chi connectivity index (χ1v) is 31.9. The number of hydrogen-bond donors (Lipinski definition) is 3. The number of para-hydroxylation sites is 1. The van der Waals surface area contributed by atoms with Crippen LogP contribution in [0.4, 0.5) is 17.1 Å². The first kappa shape index (κ1) is 75.3. The quantitative estimate of drug-likeness (QED) is 0.0266. The summed E-state index contributed by atoms with van der Waals surface area (Å²) in [7, 11) is 3.72. The largest absolute Gasteiger partial charge is 0.466 e. The van der Waals surface area contributed by atoms with Crippen molar-refractivity contribution in [2.45, 2.75) is 86.1 Å². The maximum Gasteiger partial charge on any atom is 0.336 e. The second-order valence-corrected chi connectivity index (χ2v) is 23.9. The van der Waals surface area contributed by atoms with E-state index >= 15 is 0 Å². The highest BCUT2D eigenvalue weighted by atomic mass is 16.6. The van der Waals surface area contributed by atoms with Crippen LogP contribution in [-0.4, -0.2) is 134 Å². The number of nitro benzene ring substituents is 3. The number of dihydropyridines is 3. The third kappa shape index (κ3) is 18.1. The predicted molar refractivity (Wildman–Crippen MR) is 365 cm³/mol. The molecule has 0 aliphatic carbocycles. The van der Waals surface area contributed by atoms with Gasteiger partial charge in [0.25, 0.3) is 17.1 Å².